The molecule has 1 unspecified atom stereocenters. The largest absolute Gasteiger partial charge is 0.480 e. The van der Waals surface area contributed by atoms with Crippen LogP contribution in [0.2, 0.25) is 0 Å². The number of nitrogens with zero attached hydrogens (tertiary/aromatic N) is 2. The molecule has 1 saturated carbocycles. The molecule has 1 atom stereocenters. The number of carboxylic acid groups (broad SMARTS) is 1. The van der Waals surface area contributed by atoms with Crippen LogP contribution < -0.4 is 5.32 Å². The van der Waals surface area contributed by atoms with E-state index in [-0.39, 0.29) is 6.04 Å². The van der Waals surface area contributed by atoms with Gasteiger partial charge < -0.3 is 5.11 Å². The molecule has 1 aliphatic carbocycles. The second-order valence-electron chi connectivity index (χ2n) is 5.05. The van der Waals surface area contributed by atoms with Crippen LogP contribution in [0.5, 0.6) is 0 Å². The lowest BCUT2D eigenvalue weighted by molar-refractivity contribution is -0.145. The number of aromatic nitrogens is 2. The Bertz CT molecular complexity index is 444. The van der Waals surface area contributed by atoms with Gasteiger partial charge in [-0.05, 0) is 26.7 Å². The van der Waals surface area contributed by atoms with Crippen molar-refractivity contribution < 1.29 is 9.90 Å². The van der Waals surface area contributed by atoms with E-state index in [1.54, 1.807) is 26.2 Å². The summed E-state index contributed by atoms with van der Waals surface area (Å²) in [4.78, 5) is 20.0. The summed E-state index contributed by atoms with van der Waals surface area (Å²) < 4.78 is 0. The third kappa shape index (κ3) is 2.36. The fourth-order valence-corrected chi connectivity index (χ4v) is 2.61. The number of aliphatic carboxylic acids is 1. The molecule has 0 spiro atoms. The van der Waals surface area contributed by atoms with Gasteiger partial charge in [-0.3, -0.25) is 15.3 Å². The highest BCUT2D eigenvalue weighted by Gasteiger charge is 2.40. The molecule has 2 N–H and O–H groups in total. The van der Waals surface area contributed by atoms with Crippen molar-refractivity contribution >= 4 is 5.97 Å². The van der Waals surface area contributed by atoms with Crippen LogP contribution in [0.4, 0.5) is 0 Å². The first-order valence-electron chi connectivity index (χ1n) is 6.33. The fourth-order valence-electron chi connectivity index (χ4n) is 2.61. The predicted octanol–water partition coefficient (Wildman–Crippen LogP) is 1.62. The summed E-state index contributed by atoms with van der Waals surface area (Å²) in [5.41, 5.74) is 0.00479. The predicted molar refractivity (Wildman–Crippen MR) is 67.1 cm³/mol. The summed E-state index contributed by atoms with van der Waals surface area (Å²) in [6.45, 7) is 3.46. The lowest BCUT2D eigenvalue weighted by Gasteiger charge is -2.30. The minimum Gasteiger partial charge on any atom is -0.480 e. The van der Waals surface area contributed by atoms with E-state index in [0.29, 0.717) is 11.4 Å². The Balaban J connectivity index is 2.31. The van der Waals surface area contributed by atoms with E-state index in [2.05, 4.69) is 15.3 Å². The standard InChI is InChI=1S/C13H19N3O2/c1-9-11(15-8-7-14-9)13(2,12(17)18)16-10-5-3-4-6-10/h7-8,10,16H,3-6H2,1-2H3,(H,17,18). The van der Waals surface area contributed by atoms with Gasteiger partial charge in [-0.15, -0.1) is 0 Å². The van der Waals surface area contributed by atoms with Crippen LogP contribution in [0.3, 0.4) is 0 Å². The van der Waals surface area contributed by atoms with E-state index in [1.807, 2.05) is 0 Å². The van der Waals surface area contributed by atoms with Gasteiger partial charge in [0.2, 0.25) is 0 Å². The maximum absolute atomic E-state index is 11.6. The molecule has 0 radical (unpaired) electrons. The molecule has 1 aliphatic rings. The summed E-state index contributed by atoms with van der Waals surface area (Å²) in [6.07, 6.45) is 7.50. The maximum Gasteiger partial charge on any atom is 0.329 e. The molecule has 0 amide bonds. The van der Waals surface area contributed by atoms with Crippen LogP contribution in [0.25, 0.3) is 0 Å². The maximum atomic E-state index is 11.6. The summed E-state index contributed by atoms with van der Waals surface area (Å²) >= 11 is 0. The average Bonchev–Trinajstić information content (AvgIpc) is 2.81. The third-order valence-electron chi connectivity index (χ3n) is 3.63. The van der Waals surface area contributed by atoms with Crippen molar-refractivity contribution in [3.05, 3.63) is 23.8 Å². The van der Waals surface area contributed by atoms with Crippen molar-refractivity contribution in [2.24, 2.45) is 0 Å². The molecule has 0 aliphatic heterocycles. The number of nitrogens with one attached hydrogen (secondary N) is 1. The summed E-state index contributed by atoms with van der Waals surface area (Å²) in [5.74, 6) is -0.905. The van der Waals surface area contributed by atoms with Crippen LogP contribution in [-0.2, 0) is 10.3 Å². The van der Waals surface area contributed by atoms with E-state index >= 15 is 0 Å². The molecule has 1 heterocycles. The third-order valence-corrected chi connectivity index (χ3v) is 3.63. The monoisotopic (exact) mass is 249 g/mol. The molecule has 1 aromatic rings. The molecule has 98 valence electrons. The van der Waals surface area contributed by atoms with Crippen LogP contribution in [0.15, 0.2) is 12.4 Å². The van der Waals surface area contributed by atoms with Gasteiger partial charge in [0.15, 0.2) is 5.54 Å². The Labute approximate surface area is 107 Å². The zero-order chi connectivity index (χ0) is 13.2. The smallest absolute Gasteiger partial charge is 0.329 e. The molecular weight excluding hydrogens is 230 g/mol. The lowest BCUT2D eigenvalue weighted by atomic mass is 9.94. The molecule has 0 bridgehead atoms. The van der Waals surface area contributed by atoms with E-state index in [1.165, 1.54) is 0 Å². The van der Waals surface area contributed by atoms with Gasteiger partial charge >= 0.3 is 5.97 Å². The average molecular weight is 249 g/mol. The molecule has 0 aromatic carbocycles. The van der Waals surface area contributed by atoms with E-state index < -0.39 is 11.5 Å². The zero-order valence-corrected chi connectivity index (χ0v) is 10.8. The van der Waals surface area contributed by atoms with Crippen molar-refractivity contribution in [3.8, 4) is 0 Å². The zero-order valence-electron chi connectivity index (χ0n) is 10.8. The molecule has 0 saturated heterocycles. The molecular formula is C13H19N3O2. The van der Waals surface area contributed by atoms with Gasteiger partial charge in [0.05, 0.1) is 11.4 Å². The second-order valence-corrected chi connectivity index (χ2v) is 5.05. The number of hydrogen-bond donors (Lipinski definition) is 2. The first-order valence-corrected chi connectivity index (χ1v) is 6.33. The lowest BCUT2D eigenvalue weighted by Crippen LogP contribution is -2.51. The Morgan fingerprint density at radius 1 is 1.39 bits per heavy atom. The van der Waals surface area contributed by atoms with E-state index in [0.717, 1.165) is 25.7 Å². The number of carbonyl (C=O) groups is 1. The number of rotatable bonds is 4. The first-order chi connectivity index (χ1) is 8.54. The van der Waals surface area contributed by atoms with Crippen molar-refractivity contribution in [3.63, 3.8) is 0 Å². The molecule has 1 fully saturated rings. The van der Waals surface area contributed by atoms with Gasteiger partial charge in [-0.2, -0.15) is 0 Å². The molecule has 18 heavy (non-hydrogen) atoms. The van der Waals surface area contributed by atoms with Gasteiger partial charge in [0.25, 0.3) is 0 Å². The van der Waals surface area contributed by atoms with Gasteiger partial charge in [-0.1, -0.05) is 12.8 Å². The summed E-state index contributed by atoms with van der Waals surface area (Å²) in [6, 6.07) is 0.257. The highest BCUT2D eigenvalue weighted by Crippen LogP contribution is 2.26. The number of aryl methyl sites for hydroxylation is 1. The van der Waals surface area contributed by atoms with E-state index in [4.69, 9.17) is 0 Å². The molecule has 5 heteroatoms. The van der Waals surface area contributed by atoms with Gasteiger partial charge in [-0.25, -0.2) is 4.79 Å². The summed E-state index contributed by atoms with van der Waals surface area (Å²) in [7, 11) is 0. The second kappa shape index (κ2) is 5.02. The van der Waals surface area contributed by atoms with Crippen LogP contribution in [0, 0.1) is 6.92 Å². The van der Waals surface area contributed by atoms with Gasteiger partial charge in [0, 0.05) is 18.4 Å². The van der Waals surface area contributed by atoms with Gasteiger partial charge in [0.1, 0.15) is 0 Å². The quantitative estimate of drug-likeness (QED) is 0.848. The Kier molecular flexibility index (Phi) is 3.61. The molecule has 2 rings (SSSR count). The van der Waals surface area contributed by atoms with Crippen molar-refractivity contribution in [2.45, 2.75) is 51.1 Å². The Hall–Kier alpha value is -1.49. The number of hydrogen-bond acceptors (Lipinski definition) is 4. The van der Waals surface area contributed by atoms with Crippen molar-refractivity contribution in [2.75, 3.05) is 0 Å². The van der Waals surface area contributed by atoms with Crippen LogP contribution in [0.1, 0.15) is 44.0 Å². The summed E-state index contributed by atoms with van der Waals surface area (Å²) in [5, 5.41) is 12.8. The van der Waals surface area contributed by atoms with Crippen LogP contribution >= 0.6 is 0 Å². The minimum atomic E-state index is -1.16. The number of carboxylic acids is 1. The fraction of sp³-hybridized carbons (Fsp3) is 0.615. The highest BCUT2D eigenvalue weighted by atomic mass is 16.4. The van der Waals surface area contributed by atoms with E-state index in [9.17, 15) is 9.90 Å². The minimum absolute atomic E-state index is 0.257. The highest BCUT2D eigenvalue weighted by molar-refractivity contribution is 5.80. The first kappa shape index (κ1) is 13.0. The molecule has 1 aromatic heterocycles. The Morgan fingerprint density at radius 2 is 2.00 bits per heavy atom. The van der Waals surface area contributed by atoms with Crippen LogP contribution in [-0.4, -0.2) is 27.1 Å². The Morgan fingerprint density at radius 3 is 2.56 bits per heavy atom. The van der Waals surface area contributed by atoms with Crippen molar-refractivity contribution in [1.82, 2.24) is 15.3 Å². The topological polar surface area (TPSA) is 75.1 Å². The normalized spacial score (nSPS) is 19.7. The van der Waals surface area contributed by atoms with Crippen molar-refractivity contribution in [1.29, 1.82) is 0 Å². The SMILES string of the molecule is Cc1nccnc1C(C)(NC1CCCC1)C(=O)O. The molecule has 5 nitrogen and oxygen atoms in total.